The van der Waals surface area contributed by atoms with Crippen LogP contribution in [0, 0.1) is 0 Å². The third-order valence-electron chi connectivity index (χ3n) is 8.25. The summed E-state index contributed by atoms with van der Waals surface area (Å²) in [7, 11) is 5.32. The van der Waals surface area contributed by atoms with Gasteiger partial charge in [0.25, 0.3) is 29.5 Å². The molecular formula is C30H32N10O11S4. The summed E-state index contributed by atoms with van der Waals surface area (Å²) in [5, 5.41) is 27.1. The predicted molar refractivity (Wildman–Crippen MR) is 200 cm³/mol. The maximum atomic E-state index is 13.8. The molecule has 2 aromatic heterocycles. The number of rotatable bonds is 15. The van der Waals surface area contributed by atoms with E-state index in [1.807, 2.05) is 0 Å². The molecule has 25 heteroatoms. The number of nitrogen functional groups attached to an aromatic ring is 1. The first-order valence-electron chi connectivity index (χ1n) is 15.8. The van der Waals surface area contributed by atoms with E-state index < -0.39 is 58.3 Å². The molecule has 0 saturated carbocycles. The normalized spacial score (nSPS) is 22.3. The molecule has 6 heterocycles. The number of β-lactam (4-membered cyclic amide) rings is 2. The van der Waals surface area contributed by atoms with Crippen molar-refractivity contribution in [3.63, 3.8) is 0 Å². The fourth-order valence-electron chi connectivity index (χ4n) is 5.96. The van der Waals surface area contributed by atoms with Crippen LogP contribution in [-0.4, -0.2) is 148 Å². The van der Waals surface area contributed by atoms with E-state index >= 15 is 0 Å². The summed E-state index contributed by atoms with van der Waals surface area (Å²) in [5.74, 6) is -4.17. The summed E-state index contributed by atoms with van der Waals surface area (Å²) in [5.41, 5.74) is 6.14. The van der Waals surface area contributed by atoms with Crippen molar-refractivity contribution < 1.29 is 53.0 Å². The van der Waals surface area contributed by atoms with Crippen LogP contribution in [0.1, 0.15) is 11.4 Å². The zero-order chi connectivity index (χ0) is 39.6. The van der Waals surface area contributed by atoms with Crippen LogP contribution in [0.3, 0.4) is 0 Å². The minimum absolute atomic E-state index is 0.00514. The van der Waals surface area contributed by atoms with Crippen LogP contribution in [0.2, 0.25) is 0 Å². The van der Waals surface area contributed by atoms with Crippen molar-refractivity contribution in [2.45, 2.75) is 22.8 Å². The second kappa shape index (κ2) is 16.7. The SMILES string of the molecule is COCC1=C(C(=O)O)N2C(=O)[C@H](NC(=O)/C(=N\OC)c3csc(NC(=O)C4=C(COC)CS[C@H]5[C@@H](NC(=O)/C(=N\OC)c6csc(N)n6)C(=O)N45)n3)[C@@H]2SC1. The zero-order valence-corrected chi connectivity index (χ0v) is 32.5. The second-order valence-electron chi connectivity index (χ2n) is 11.6. The molecule has 0 bridgehead atoms. The molecule has 0 aromatic carbocycles. The van der Waals surface area contributed by atoms with Crippen molar-refractivity contribution >= 4 is 103 Å². The third-order valence-corrected chi connectivity index (χ3v) is 12.4. The molecule has 2 aromatic rings. The summed E-state index contributed by atoms with van der Waals surface area (Å²) in [6.07, 6.45) is 0. The number of nitrogens with zero attached hydrogens (tertiary/aromatic N) is 6. The lowest BCUT2D eigenvalue weighted by Gasteiger charge is -2.49. The van der Waals surface area contributed by atoms with Crippen molar-refractivity contribution in [2.24, 2.45) is 10.3 Å². The van der Waals surface area contributed by atoms with Crippen LogP contribution < -0.4 is 21.7 Å². The highest BCUT2D eigenvalue weighted by atomic mass is 32.2. The quantitative estimate of drug-likeness (QED) is 0.0835. The van der Waals surface area contributed by atoms with E-state index in [9.17, 15) is 33.9 Å². The Balaban J connectivity index is 1.14. The number of aromatic nitrogens is 2. The topological polar surface area (TPSA) is 279 Å². The van der Waals surface area contributed by atoms with Gasteiger partial charge in [-0.2, -0.15) is 0 Å². The van der Waals surface area contributed by atoms with Gasteiger partial charge < -0.3 is 40.6 Å². The largest absolute Gasteiger partial charge is 0.477 e. The van der Waals surface area contributed by atoms with E-state index in [0.717, 1.165) is 27.6 Å². The van der Waals surface area contributed by atoms with E-state index in [4.69, 9.17) is 24.9 Å². The van der Waals surface area contributed by atoms with Crippen LogP contribution in [0.5, 0.6) is 0 Å². The molecule has 4 atom stereocenters. The number of carbonyl (C=O) groups is 6. The Morgan fingerprint density at radius 2 is 1.31 bits per heavy atom. The lowest BCUT2D eigenvalue weighted by Crippen LogP contribution is -2.71. The van der Waals surface area contributed by atoms with Crippen LogP contribution in [0.25, 0.3) is 0 Å². The zero-order valence-electron chi connectivity index (χ0n) is 29.2. The maximum absolute atomic E-state index is 13.8. The molecular weight excluding hydrogens is 805 g/mol. The Hall–Kier alpha value is -5.08. The first-order chi connectivity index (χ1) is 26.4. The number of amides is 5. The summed E-state index contributed by atoms with van der Waals surface area (Å²) in [6.45, 7) is 0.0605. The third kappa shape index (κ3) is 7.62. The lowest BCUT2D eigenvalue weighted by atomic mass is 10.0. The fourth-order valence-corrected chi connectivity index (χ4v) is 9.85. The number of methoxy groups -OCH3 is 2. The van der Waals surface area contributed by atoms with Gasteiger partial charge in [0.05, 0.1) is 13.2 Å². The number of thioether (sulfide) groups is 2. The van der Waals surface area contributed by atoms with Gasteiger partial charge in [-0.3, -0.25) is 39.1 Å². The van der Waals surface area contributed by atoms with Crippen LogP contribution in [0.4, 0.5) is 10.3 Å². The number of oxime groups is 2. The number of carbonyl (C=O) groups excluding carboxylic acids is 5. The number of nitrogens with one attached hydrogen (secondary N) is 3. The Kier molecular flexibility index (Phi) is 12.1. The van der Waals surface area contributed by atoms with E-state index in [1.54, 1.807) is 0 Å². The molecule has 4 aliphatic heterocycles. The van der Waals surface area contributed by atoms with Crippen molar-refractivity contribution in [1.82, 2.24) is 30.4 Å². The highest BCUT2D eigenvalue weighted by Gasteiger charge is 2.56. The average molecular weight is 837 g/mol. The van der Waals surface area contributed by atoms with Crippen LogP contribution in [0.15, 0.2) is 43.6 Å². The minimum Gasteiger partial charge on any atom is -0.477 e. The van der Waals surface area contributed by atoms with Gasteiger partial charge in [0.15, 0.2) is 21.7 Å². The van der Waals surface area contributed by atoms with Crippen LogP contribution in [-0.2, 0) is 47.9 Å². The maximum Gasteiger partial charge on any atom is 0.352 e. The summed E-state index contributed by atoms with van der Waals surface area (Å²) >= 11 is 4.64. The van der Waals surface area contributed by atoms with E-state index in [1.165, 1.54) is 67.6 Å². The number of thiazole rings is 2. The molecule has 5 amide bonds. The predicted octanol–water partition coefficient (Wildman–Crippen LogP) is -0.793. The highest BCUT2D eigenvalue weighted by Crippen LogP contribution is 2.42. The molecule has 0 unspecified atom stereocenters. The summed E-state index contributed by atoms with van der Waals surface area (Å²) in [6, 6.07) is -2.08. The number of fused-ring (bicyclic) bond motifs is 2. The molecule has 0 radical (unpaired) electrons. The second-order valence-corrected chi connectivity index (χ2v) is 15.6. The van der Waals surface area contributed by atoms with Crippen molar-refractivity contribution in [2.75, 3.05) is 64.2 Å². The number of carboxylic acids is 1. The van der Waals surface area contributed by atoms with E-state index in [-0.39, 0.29) is 63.4 Å². The van der Waals surface area contributed by atoms with Gasteiger partial charge in [0, 0.05) is 36.5 Å². The van der Waals surface area contributed by atoms with Gasteiger partial charge in [0.1, 0.15) is 59.8 Å². The number of anilines is 2. The first-order valence-corrected chi connectivity index (χ1v) is 19.7. The molecule has 6 rings (SSSR count). The first kappa shape index (κ1) is 39.6. The number of hydrogen-bond acceptors (Lipinski definition) is 19. The summed E-state index contributed by atoms with van der Waals surface area (Å²) in [4.78, 5) is 99.5. The molecule has 55 heavy (non-hydrogen) atoms. The van der Waals surface area contributed by atoms with E-state index in [0.29, 0.717) is 16.9 Å². The van der Waals surface area contributed by atoms with Gasteiger partial charge in [-0.05, 0) is 11.1 Å². The highest BCUT2D eigenvalue weighted by molar-refractivity contribution is 8.00. The van der Waals surface area contributed by atoms with Crippen molar-refractivity contribution in [3.05, 3.63) is 44.7 Å². The Morgan fingerprint density at radius 3 is 1.78 bits per heavy atom. The molecule has 21 nitrogen and oxygen atoms in total. The van der Waals surface area contributed by atoms with Gasteiger partial charge in [0.2, 0.25) is 0 Å². The molecule has 0 spiro atoms. The molecule has 2 saturated heterocycles. The van der Waals surface area contributed by atoms with E-state index in [2.05, 4.69) is 36.2 Å². The number of aliphatic carboxylic acids is 1. The van der Waals surface area contributed by atoms with Gasteiger partial charge in [-0.1, -0.05) is 10.3 Å². The molecule has 292 valence electrons. The molecule has 6 N–H and O–H groups in total. The number of hydrogen-bond donors (Lipinski definition) is 5. The fraction of sp³-hybridized carbons (Fsp3) is 0.400. The number of ether oxygens (including phenoxy) is 2. The Bertz CT molecular complexity index is 2060. The Morgan fingerprint density at radius 1 is 0.818 bits per heavy atom. The average Bonchev–Trinajstić information content (AvgIpc) is 3.81. The number of nitrogens with two attached hydrogens (primary N) is 1. The van der Waals surface area contributed by atoms with Gasteiger partial charge >= 0.3 is 5.97 Å². The smallest absolute Gasteiger partial charge is 0.352 e. The molecule has 2 fully saturated rings. The summed E-state index contributed by atoms with van der Waals surface area (Å²) < 4.78 is 10.4. The number of carboxylic acid groups (broad SMARTS) is 1. The Labute approximate surface area is 327 Å². The van der Waals surface area contributed by atoms with Gasteiger partial charge in [-0.25, -0.2) is 14.8 Å². The standard InChI is InChI=1S/C30H32N10O11S4/c1-48-5-11-7-52-26-17(34-21(41)15(37-50-3)13-9-54-29(31)32-13)24(44)39(26)19(11)23(43)36-30-33-14(10-55-30)16(38-51-4)22(42)35-18-25(45)40-20(28(46)47)12(6-49-2)8-53-27(18)40/h9-10,17-18,26-27H,5-8H2,1-4H3,(H2,31,32)(H,34,41)(H,35,42)(H,46,47)(H,33,36,43)/b37-15-,38-16-/t17-,18-,26-,27-/m0/s1. The molecule has 0 aliphatic carbocycles. The van der Waals surface area contributed by atoms with Crippen molar-refractivity contribution in [3.8, 4) is 0 Å². The lowest BCUT2D eigenvalue weighted by molar-refractivity contribution is -0.150. The minimum atomic E-state index is -1.28. The van der Waals surface area contributed by atoms with Crippen LogP contribution >= 0.6 is 46.2 Å². The monoisotopic (exact) mass is 836 g/mol. The molecule has 4 aliphatic rings. The van der Waals surface area contributed by atoms with Gasteiger partial charge in [-0.15, -0.1) is 46.2 Å². The van der Waals surface area contributed by atoms with Crippen molar-refractivity contribution in [1.29, 1.82) is 0 Å².